The van der Waals surface area contributed by atoms with Gasteiger partial charge in [-0.05, 0) is 17.7 Å². The number of aromatic nitrogens is 2. The smallest absolute Gasteiger partial charge is 0.391 e. The zero-order chi connectivity index (χ0) is 14.0. The first kappa shape index (κ1) is 13.4. The fourth-order valence-electron chi connectivity index (χ4n) is 1.66. The summed E-state index contributed by atoms with van der Waals surface area (Å²) in [5.41, 5.74) is -0.345. The first-order chi connectivity index (χ1) is 8.91. The van der Waals surface area contributed by atoms with Gasteiger partial charge in [0.15, 0.2) is 0 Å². The average Bonchev–Trinajstić information content (AvgIpc) is 2.70. The molecule has 7 heteroatoms. The largest absolute Gasteiger partial charge is 0.416 e. The molecule has 0 fully saturated rings. The highest BCUT2D eigenvalue weighted by Crippen LogP contribution is 2.29. The predicted octanol–water partition coefficient (Wildman–Crippen LogP) is 1.74. The van der Waals surface area contributed by atoms with E-state index in [2.05, 4.69) is 5.10 Å². The van der Waals surface area contributed by atoms with E-state index in [-0.39, 0.29) is 24.3 Å². The summed E-state index contributed by atoms with van der Waals surface area (Å²) in [6, 6.07) is 4.57. The van der Waals surface area contributed by atoms with E-state index >= 15 is 0 Å². The molecule has 0 aliphatic rings. The van der Waals surface area contributed by atoms with Crippen LogP contribution in [0.25, 0.3) is 0 Å². The second kappa shape index (κ2) is 4.93. The number of aliphatic hydroxyl groups excluding tert-OH is 1. The van der Waals surface area contributed by atoms with Crippen LogP contribution in [0, 0.1) is 0 Å². The summed E-state index contributed by atoms with van der Waals surface area (Å²) in [7, 11) is 0. The first-order valence-electron chi connectivity index (χ1n) is 5.46. The lowest BCUT2D eigenvalue weighted by molar-refractivity contribution is -0.137. The van der Waals surface area contributed by atoms with Crippen molar-refractivity contribution in [3.63, 3.8) is 0 Å². The minimum absolute atomic E-state index is 0.122. The highest BCUT2D eigenvalue weighted by Gasteiger charge is 2.29. The third kappa shape index (κ3) is 2.87. The van der Waals surface area contributed by atoms with Crippen LogP contribution in [-0.2, 0) is 19.3 Å². The number of nitrogens with zero attached hydrogens (tertiary/aromatic N) is 1. The van der Waals surface area contributed by atoms with Gasteiger partial charge in [-0.15, -0.1) is 0 Å². The molecule has 0 unspecified atom stereocenters. The van der Waals surface area contributed by atoms with Crippen LogP contribution in [0.15, 0.2) is 35.3 Å². The molecule has 0 aliphatic carbocycles. The van der Waals surface area contributed by atoms with Gasteiger partial charge in [-0.25, -0.2) is 4.68 Å². The first-order valence-corrected chi connectivity index (χ1v) is 5.46. The molecule has 102 valence electrons. The quantitative estimate of drug-likeness (QED) is 0.894. The third-order valence-electron chi connectivity index (χ3n) is 2.71. The van der Waals surface area contributed by atoms with Crippen molar-refractivity contribution in [2.45, 2.75) is 19.3 Å². The normalized spacial score (nSPS) is 11.8. The second-order valence-electron chi connectivity index (χ2n) is 4.04. The molecule has 1 aromatic carbocycles. The van der Waals surface area contributed by atoms with E-state index in [4.69, 9.17) is 5.11 Å². The summed E-state index contributed by atoms with van der Waals surface area (Å²) in [5, 5.41) is 11.5. The highest BCUT2D eigenvalue weighted by atomic mass is 19.4. The van der Waals surface area contributed by atoms with Crippen LogP contribution in [-0.4, -0.2) is 14.9 Å². The second-order valence-corrected chi connectivity index (χ2v) is 4.04. The van der Waals surface area contributed by atoms with Crippen LogP contribution < -0.4 is 5.56 Å². The van der Waals surface area contributed by atoms with Gasteiger partial charge in [-0.2, -0.15) is 13.2 Å². The van der Waals surface area contributed by atoms with Crippen molar-refractivity contribution in [2.75, 3.05) is 0 Å². The minimum atomic E-state index is -4.37. The van der Waals surface area contributed by atoms with Gasteiger partial charge in [0.2, 0.25) is 0 Å². The summed E-state index contributed by atoms with van der Waals surface area (Å²) < 4.78 is 38.3. The Balaban J connectivity index is 2.20. The standard InChI is InChI=1S/C12H11F3N2O2/c13-12(14,15)10-3-1-8(2-4-10)6-17-11(19)9(7-18)5-16-17/h1-5,16,18H,6-7H2. The Bertz CT molecular complexity index is 611. The molecule has 0 saturated heterocycles. The molecular formula is C12H11F3N2O2. The van der Waals surface area contributed by atoms with Crippen LogP contribution in [0.5, 0.6) is 0 Å². The van der Waals surface area contributed by atoms with Gasteiger partial charge in [0.05, 0.1) is 24.3 Å². The van der Waals surface area contributed by atoms with Gasteiger partial charge in [-0.3, -0.25) is 4.79 Å². The summed E-state index contributed by atoms with van der Waals surface area (Å²) in [6.45, 7) is -0.258. The number of H-pyrrole nitrogens is 1. The maximum atomic E-state index is 12.4. The van der Waals surface area contributed by atoms with E-state index in [9.17, 15) is 18.0 Å². The van der Waals surface area contributed by atoms with Gasteiger partial charge < -0.3 is 10.2 Å². The molecule has 0 spiro atoms. The molecule has 0 aliphatic heterocycles. The van der Waals surface area contributed by atoms with Crippen LogP contribution in [0.2, 0.25) is 0 Å². The van der Waals surface area contributed by atoms with Crippen LogP contribution in [0.1, 0.15) is 16.7 Å². The molecule has 19 heavy (non-hydrogen) atoms. The third-order valence-corrected chi connectivity index (χ3v) is 2.71. The molecule has 2 aromatic rings. The minimum Gasteiger partial charge on any atom is -0.391 e. The number of hydrogen-bond acceptors (Lipinski definition) is 2. The number of aliphatic hydroxyl groups is 1. The average molecular weight is 272 g/mol. The topological polar surface area (TPSA) is 58.0 Å². The maximum absolute atomic E-state index is 12.4. The Morgan fingerprint density at radius 3 is 2.32 bits per heavy atom. The molecule has 0 atom stereocenters. The van der Waals surface area contributed by atoms with Crippen LogP contribution in [0.3, 0.4) is 0 Å². The van der Waals surface area contributed by atoms with Crippen molar-refractivity contribution in [2.24, 2.45) is 0 Å². The summed E-state index contributed by atoms with van der Waals surface area (Å²) >= 11 is 0. The number of halogens is 3. The van der Waals surface area contributed by atoms with E-state index in [0.717, 1.165) is 12.1 Å². The number of benzene rings is 1. The lowest BCUT2D eigenvalue weighted by Gasteiger charge is -2.07. The fraction of sp³-hybridized carbons (Fsp3) is 0.250. The van der Waals surface area contributed by atoms with Crippen LogP contribution >= 0.6 is 0 Å². The number of nitrogens with one attached hydrogen (secondary N) is 1. The van der Waals surface area contributed by atoms with Gasteiger partial charge in [0.25, 0.3) is 5.56 Å². The van der Waals surface area contributed by atoms with Gasteiger partial charge >= 0.3 is 6.18 Å². The monoisotopic (exact) mass is 272 g/mol. The molecule has 1 heterocycles. The molecule has 2 N–H and O–H groups in total. The summed E-state index contributed by atoms with van der Waals surface area (Å²) in [6.07, 6.45) is -3.00. The zero-order valence-electron chi connectivity index (χ0n) is 9.74. The highest BCUT2D eigenvalue weighted by molar-refractivity contribution is 5.24. The Labute approximate surface area is 106 Å². The maximum Gasteiger partial charge on any atom is 0.416 e. The molecule has 0 saturated carbocycles. The van der Waals surface area contributed by atoms with Crippen molar-refractivity contribution in [1.29, 1.82) is 0 Å². The fourth-order valence-corrected chi connectivity index (χ4v) is 1.66. The van der Waals surface area contributed by atoms with E-state index in [1.165, 1.54) is 23.0 Å². The summed E-state index contributed by atoms with van der Waals surface area (Å²) in [4.78, 5) is 11.6. The van der Waals surface area contributed by atoms with Crippen LogP contribution in [0.4, 0.5) is 13.2 Å². The Morgan fingerprint density at radius 1 is 1.21 bits per heavy atom. The number of aromatic amines is 1. The Morgan fingerprint density at radius 2 is 1.84 bits per heavy atom. The Kier molecular flexibility index (Phi) is 3.48. The van der Waals surface area contributed by atoms with E-state index in [1.54, 1.807) is 0 Å². The lowest BCUT2D eigenvalue weighted by Crippen LogP contribution is -2.19. The molecule has 0 bridgehead atoms. The number of hydrogen-bond donors (Lipinski definition) is 2. The molecule has 1 aromatic heterocycles. The lowest BCUT2D eigenvalue weighted by atomic mass is 10.1. The SMILES string of the molecule is O=c1c(CO)c[nH]n1Cc1ccc(C(F)(F)F)cc1. The van der Waals surface area contributed by atoms with E-state index in [0.29, 0.717) is 5.56 Å². The predicted molar refractivity (Wildman–Crippen MR) is 61.5 cm³/mol. The molecule has 0 radical (unpaired) electrons. The van der Waals surface area contributed by atoms with Gasteiger partial charge in [0, 0.05) is 6.20 Å². The van der Waals surface area contributed by atoms with E-state index < -0.39 is 11.7 Å². The molecule has 0 amide bonds. The Hall–Kier alpha value is -2.02. The van der Waals surface area contributed by atoms with Crippen molar-refractivity contribution in [3.05, 3.63) is 57.5 Å². The molecular weight excluding hydrogens is 261 g/mol. The number of rotatable bonds is 3. The van der Waals surface area contributed by atoms with Gasteiger partial charge in [-0.1, -0.05) is 12.1 Å². The van der Waals surface area contributed by atoms with Gasteiger partial charge in [0.1, 0.15) is 0 Å². The number of alkyl halides is 3. The summed E-state index contributed by atoms with van der Waals surface area (Å²) in [5.74, 6) is 0. The van der Waals surface area contributed by atoms with Crippen molar-refractivity contribution >= 4 is 0 Å². The van der Waals surface area contributed by atoms with Crippen molar-refractivity contribution in [3.8, 4) is 0 Å². The zero-order valence-corrected chi connectivity index (χ0v) is 9.74. The van der Waals surface area contributed by atoms with Crippen molar-refractivity contribution in [1.82, 2.24) is 9.78 Å². The van der Waals surface area contributed by atoms with Crippen molar-refractivity contribution < 1.29 is 18.3 Å². The van der Waals surface area contributed by atoms with E-state index in [1.807, 2.05) is 0 Å². The molecule has 4 nitrogen and oxygen atoms in total. The molecule has 2 rings (SSSR count).